The number of amides is 1. The fraction of sp³-hybridized carbons (Fsp3) is 0.385. The molecule has 0 saturated carbocycles. The van der Waals surface area contributed by atoms with Gasteiger partial charge in [0.15, 0.2) is 0 Å². The Kier molecular flexibility index (Phi) is 3.08. The normalized spacial score (nSPS) is 19.8. The molecule has 19 heavy (non-hydrogen) atoms. The quantitative estimate of drug-likeness (QED) is 0.844. The van der Waals surface area contributed by atoms with Gasteiger partial charge in [-0.2, -0.15) is 5.10 Å². The summed E-state index contributed by atoms with van der Waals surface area (Å²) in [5.74, 6) is 0. The Morgan fingerprint density at radius 2 is 2.32 bits per heavy atom. The summed E-state index contributed by atoms with van der Waals surface area (Å²) >= 11 is 0. The molecule has 2 aromatic rings. The Labute approximate surface area is 110 Å². The van der Waals surface area contributed by atoms with Crippen molar-refractivity contribution in [2.24, 2.45) is 0 Å². The van der Waals surface area contributed by atoms with Gasteiger partial charge >= 0.3 is 6.09 Å². The van der Waals surface area contributed by atoms with E-state index in [9.17, 15) is 4.79 Å². The number of rotatable bonds is 2. The average Bonchev–Trinajstić information content (AvgIpc) is 2.83. The van der Waals surface area contributed by atoms with E-state index in [-0.39, 0.29) is 6.04 Å². The molecule has 1 fully saturated rings. The number of hydrogen-bond acceptors (Lipinski definition) is 3. The number of para-hydroxylation sites is 1. The van der Waals surface area contributed by atoms with Gasteiger partial charge in [0.1, 0.15) is 0 Å². The van der Waals surface area contributed by atoms with E-state index in [1.165, 1.54) is 4.90 Å². The summed E-state index contributed by atoms with van der Waals surface area (Å²) in [6.07, 6.45) is 0.990. The summed E-state index contributed by atoms with van der Waals surface area (Å²) in [5.41, 5.74) is 1.08. The summed E-state index contributed by atoms with van der Waals surface area (Å²) in [6, 6.07) is 8.13. The van der Waals surface area contributed by atoms with Gasteiger partial charge in [-0.15, -0.1) is 0 Å². The second-order valence-electron chi connectivity index (χ2n) is 4.77. The van der Waals surface area contributed by atoms with Crippen molar-refractivity contribution in [3.8, 4) is 0 Å². The van der Waals surface area contributed by atoms with Crippen molar-refractivity contribution < 1.29 is 9.90 Å². The first kappa shape index (κ1) is 12.0. The lowest BCUT2D eigenvalue weighted by Crippen LogP contribution is -2.53. The predicted octanol–water partition coefficient (Wildman–Crippen LogP) is 0.988. The van der Waals surface area contributed by atoms with E-state index in [4.69, 9.17) is 5.11 Å². The highest BCUT2D eigenvalue weighted by Gasteiger charge is 2.23. The Morgan fingerprint density at radius 3 is 3.16 bits per heavy atom. The molecule has 0 bridgehead atoms. The van der Waals surface area contributed by atoms with Crippen molar-refractivity contribution in [3.63, 3.8) is 0 Å². The van der Waals surface area contributed by atoms with Crippen molar-refractivity contribution in [3.05, 3.63) is 30.5 Å². The lowest BCUT2D eigenvalue weighted by Gasteiger charge is -2.31. The number of aromatic nitrogens is 2. The summed E-state index contributed by atoms with van der Waals surface area (Å²) in [4.78, 5) is 12.4. The number of hydrogen-bond donors (Lipinski definition) is 2. The van der Waals surface area contributed by atoms with Crippen molar-refractivity contribution in [2.45, 2.75) is 12.6 Å². The maximum absolute atomic E-state index is 11.0. The molecule has 1 aliphatic heterocycles. The van der Waals surface area contributed by atoms with Crippen molar-refractivity contribution in [1.82, 2.24) is 20.0 Å². The van der Waals surface area contributed by atoms with Crippen molar-refractivity contribution >= 4 is 17.0 Å². The number of fused-ring (bicyclic) bond motifs is 1. The van der Waals surface area contributed by atoms with Crippen LogP contribution in [0, 0.1) is 0 Å². The summed E-state index contributed by atoms with van der Waals surface area (Å²) in [7, 11) is 0. The molecule has 2 heterocycles. The van der Waals surface area contributed by atoms with Gasteiger partial charge in [0.25, 0.3) is 0 Å². The second kappa shape index (κ2) is 4.89. The minimum Gasteiger partial charge on any atom is -0.465 e. The van der Waals surface area contributed by atoms with Gasteiger partial charge < -0.3 is 15.3 Å². The van der Waals surface area contributed by atoms with Gasteiger partial charge in [-0.05, 0) is 6.07 Å². The van der Waals surface area contributed by atoms with E-state index in [1.807, 2.05) is 35.1 Å². The minimum absolute atomic E-state index is 0.105. The number of carbonyl (C=O) groups is 1. The Bertz CT molecular complexity index is 595. The maximum atomic E-state index is 11.0. The zero-order valence-electron chi connectivity index (χ0n) is 10.5. The molecule has 100 valence electrons. The standard InChI is InChI=1S/C13H16N4O2/c18-13(19)16-6-5-14-11(8-16)9-17-12-4-2-1-3-10(12)7-15-17/h1-4,7,11,14H,5-6,8-9H2,(H,18,19)/t11-/m0/s1. The van der Waals surface area contributed by atoms with Crippen molar-refractivity contribution in [2.75, 3.05) is 19.6 Å². The molecule has 2 N–H and O–H groups in total. The molecule has 0 unspecified atom stereocenters. The Hall–Kier alpha value is -2.08. The smallest absolute Gasteiger partial charge is 0.407 e. The van der Waals surface area contributed by atoms with Crippen LogP contribution in [-0.2, 0) is 6.54 Å². The van der Waals surface area contributed by atoms with Crippen LogP contribution in [0.1, 0.15) is 0 Å². The van der Waals surface area contributed by atoms with Crippen LogP contribution in [-0.4, -0.2) is 51.6 Å². The highest BCUT2D eigenvalue weighted by molar-refractivity contribution is 5.78. The topological polar surface area (TPSA) is 70.4 Å². The third-order valence-corrected chi connectivity index (χ3v) is 3.47. The van der Waals surface area contributed by atoms with Gasteiger partial charge in [0, 0.05) is 31.1 Å². The number of benzene rings is 1. The molecule has 0 aliphatic carbocycles. The van der Waals surface area contributed by atoms with Crippen LogP contribution in [0.4, 0.5) is 4.79 Å². The summed E-state index contributed by atoms with van der Waals surface area (Å²) in [6.45, 7) is 2.42. The van der Waals surface area contributed by atoms with Crippen molar-refractivity contribution in [1.29, 1.82) is 0 Å². The fourth-order valence-corrected chi connectivity index (χ4v) is 2.50. The molecule has 1 amide bonds. The summed E-state index contributed by atoms with van der Waals surface area (Å²) < 4.78 is 1.93. The molecule has 1 saturated heterocycles. The predicted molar refractivity (Wildman–Crippen MR) is 71.1 cm³/mol. The molecule has 6 heteroatoms. The van der Waals surface area contributed by atoms with E-state index in [0.717, 1.165) is 10.9 Å². The van der Waals surface area contributed by atoms with Crippen LogP contribution >= 0.6 is 0 Å². The largest absolute Gasteiger partial charge is 0.465 e. The zero-order valence-corrected chi connectivity index (χ0v) is 10.5. The monoisotopic (exact) mass is 260 g/mol. The van der Waals surface area contributed by atoms with Crippen LogP contribution < -0.4 is 5.32 Å². The molecular weight excluding hydrogens is 244 g/mol. The van der Waals surface area contributed by atoms with Crippen LogP contribution in [0.5, 0.6) is 0 Å². The number of nitrogens with zero attached hydrogens (tertiary/aromatic N) is 3. The van der Waals surface area contributed by atoms with Crippen LogP contribution in [0.2, 0.25) is 0 Å². The zero-order chi connectivity index (χ0) is 13.2. The lowest BCUT2D eigenvalue weighted by molar-refractivity contribution is 0.126. The molecule has 0 radical (unpaired) electrons. The molecule has 1 aromatic carbocycles. The molecule has 6 nitrogen and oxygen atoms in total. The number of carboxylic acid groups (broad SMARTS) is 1. The molecule has 3 rings (SSSR count). The van der Waals surface area contributed by atoms with E-state index in [2.05, 4.69) is 10.4 Å². The Balaban J connectivity index is 1.76. The number of nitrogens with one attached hydrogen (secondary N) is 1. The van der Waals surface area contributed by atoms with Crippen LogP contribution in [0.25, 0.3) is 10.9 Å². The molecule has 1 aromatic heterocycles. The van der Waals surface area contributed by atoms with Gasteiger partial charge in [-0.3, -0.25) is 4.68 Å². The fourth-order valence-electron chi connectivity index (χ4n) is 2.50. The third-order valence-electron chi connectivity index (χ3n) is 3.47. The lowest BCUT2D eigenvalue weighted by atomic mass is 10.2. The van der Waals surface area contributed by atoms with Gasteiger partial charge in [-0.25, -0.2) is 4.79 Å². The van der Waals surface area contributed by atoms with Crippen LogP contribution in [0.3, 0.4) is 0 Å². The first-order valence-corrected chi connectivity index (χ1v) is 6.36. The van der Waals surface area contributed by atoms with E-state index in [0.29, 0.717) is 26.2 Å². The van der Waals surface area contributed by atoms with Crippen LogP contribution in [0.15, 0.2) is 30.5 Å². The number of piperazine rings is 1. The van der Waals surface area contributed by atoms with E-state index in [1.54, 1.807) is 0 Å². The maximum Gasteiger partial charge on any atom is 0.407 e. The first-order chi connectivity index (χ1) is 9.24. The average molecular weight is 260 g/mol. The highest BCUT2D eigenvalue weighted by atomic mass is 16.4. The molecule has 1 atom stereocenters. The second-order valence-corrected chi connectivity index (χ2v) is 4.77. The third kappa shape index (κ3) is 2.39. The molecule has 1 aliphatic rings. The molecule has 0 spiro atoms. The van der Waals surface area contributed by atoms with E-state index < -0.39 is 6.09 Å². The molecular formula is C13H16N4O2. The highest BCUT2D eigenvalue weighted by Crippen LogP contribution is 2.13. The van der Waals surface area contributed by atoms with Gasteiger partial charge in [0.2, 0.25) is 0 Å². The first-order valence-electron chi connectivity index (χ1n) is 6.36. The van der Waals surface area contributed by atoms with Gasteiger partial charge in [-0.1, -0.05) is 18.2 Å². The minimum atomic E-state index is -0.850. The summed E-state index contributed by atoms with van der Waals surface area (Å²) in [5, 5.41) is 17.8. The SMILES string of the molecule is O=C(O)N1CCN[C@H](Cn2ncc3ccccc32)C1. The van der Waals surface area contributed by atoms with Gasteiger partial charge in [0.05, 0.1) is 18.3 Å². The van der Waals surface area contributed by atoms with E-state index >= 15 is 0 Å². The Morgan fingerprint density at radius 1 is 1.47 bits per heavy atom.